The molecule has 5 N–H and O–H groups in total. The molecule has 0 aromatic heterocycles. The Balaban J connectivity index is 3.33. The van der Waals surface area contributed by atoms with Crippen molar-refractivity contribution < 1.29 is 30.3 Å². The monoisotopic (exact) mass is 212 g/mol. The summed E-state index contributed by atoms with van der Waals surface area (Å²) < 4.78 is 0. The number of carboxylic acid groups (broad SMARTS) is 1. The van der Waals surface area contributed by atoms with Crippen LogP contribution in [0.1, 0.15) is 5.56 Å². The average Bonchev–Trinajstić information content (AvgIpc) is 2.14. The second-order valence-corrected chi connectivity index (χ2v) is 2.70. The van der Waals surface area contributed by atoms with E-state index < -0.39 is 29.0 Å². The summed E-state index contributed by atoms with van der Waals surface area (Å²) >= 11 is 0. The first kappa shape index (κ1) is 10.7. The van der Waals surface area contributed by atoms with Crippen molar-refractivity contribution in [2.24, 2.45) is 0 Å². The Morgan fingerprint density at radius 2 is 1.53 bits per heavy atom. The van der Waals surface area contributed by atoms with E-state index in [-0.39, 0.29) is 5.56 Å². The number of hydrogen-bond donors (Lipinski definition) is 5. The van der Waals surface area contributed by atoms with Crippen LogP contribution in [0.4, 0.5) is 0 Å². The average molecular weight is 212 g/mol. The van der Waals surface area contributed by atoms with Gasteiger partial charge in [-0.2, -0.15) is 0 Å². The lowest BCUT2D eigenvalue weighted by Gasteiger charge is -2.06. The highest BCUT2D eigenvalue weighted by atomic mass is 16.4. The largest absolute Gasteiger partial charge is 0.504 e. The molecule has 1 aromatic carbocycles. The molecule has 0 aliphatic rings. The smallest absolute Gasteiger partial charge is 0.328 e. The lowest BCUT2D eigenvalue weighted by atomic mass is 10.1. The normalized spacial score (nSPS) is 10.7. The van der Waals surface area contributed by atoms with Crippen LogP contribution in [-0.4, -0.2) is 31.5 Å². The molecule has 0 saturated carbocycles. The maximum Gasteiger partial charge on any atom is 0.328 e. The third-order valence-electron chi connectivity index (χ3n) is 1.66. The SMILES string of the molecule is O=C(O)C=Cc1c(O)c(O)cc(O)c1O. The summed E-state index contributed by atoms with van der Waals surface area (Å²) in [6.07, 6.45) is 1.50. The first-order valence-electron chi connectivity index (χ1n) is 3.81. The van der Waals surface area contributed by atoms with Crippen molar-refractivity contribution in [3.8, 4) is 23.0 Å². The minimum absolute atomic E-state index is 0.366. The maximum atomic E-state index is 10.2. The summed E-state index contributed by atoms with van der Waals surface area (Å²) in [5.41, 5.74) is -0.366. The fraction of sp³-hybridized carbons (Fsp3) is 0. The van der Waals surface area contributed by atoms with Crippen molar-refractivity contribution in [3.63, 3.8) is 0 Å². The Bertz CT molecular complexity index is 408. The molecule has 0 amide bonds. The molecular formula is C9H8O6. The topological polar surface area (TPSA) is 118 Å². The number of phenols is 4. The molecule has 6 nitrogen and oxygen atoms in total. The van der Waals surface area contributed by atoms with E-state index in [4.69, 9.17) is 15.3 Å². The second-order valence-electron chi connectivity index (χ2n) is 2.70. The van der Waals surface area contributed by atoms with E-state index >= 15 is 0 Å². The third-order valence-corrected chi connectivity index (χ3v) is 1.66. The van der Waals surface area contributed by atoms with Crippen LogP contribution in [0.3, 0.4) is 0 Å². The molecule has 0 atom stereocenters. The minimum atomic E-state index is -1.29. The number of benzene rings is 1. The summed E-state index contributed by atoms with van der Waals surface area (Å²) in [5, 5.41) is 45.0. The zero-order valence-corrected chi connectivity index (χ0v) is 7.38. The molecular weight excluding hydrogens is 204 g/mol. The fourth-order valence-electron chi connectivity index (χ4n) is 0.967. The summed E-state index contributed by atoms with van der Waals surface area (Å²) in [7, 11) is 0. The van der Waals surface area contributed by atoms with Crippen LogP contribution in [-0.2, 0) is 4.79 Å². The Kier molecular flexibility index (Phi) is 2.70. The maximum absolute atomic E-state index is 10.2. The van der Waals surface area contributed by atoms with Crippen LogP contribution in [0.15, 0.2) is 12.1 Å². The van der Waals surface area contributed by atoms with Crippen LogP contribution >= 0.6 is 0 Å². The summed E-state index contributed by atoms with van der Waals surface area (Å²) in [4.78, 5) is 10.2. The zero-order valence-electron chi connectivity index (χ0n) is 7.38. The van der Waals surface area contributed by atoms with E-state index in [0.29, 0.717) is 6.08 Å². The van der Waals surface area contributed by atoms with Gasteiger partial charge in [0.25, 0.3) is 0 Å². The van der Waals surface area contributed by atoms with Gasteiger partial charge in [0.1, 0.15) is 0 Å². The predicted molar refractivity (Wildman–Crippen MR) is 49.8 cm³/mol. The minimum Gasteiger partial charge on any atom is -0.504 e. The van der Waals surface area contributed by atoms with Gasteiger partial charge in [-0.05, 0) is 6.08 Å². The van der Waals surface area contributed by atoms with Gasteiger partial charge >= 0.3 is 5.97 Å². The van der Waals surface area contributed by atoms with Crippen molar-refractivity contribution in [2.75, 3.05) is 0 Å². The van der Waals surface area contributed by atoms with Gasteiger partial charge in [0.15, 0.2) is 23.0 Å². The Morgan fingerprint density at radius 1 is 1.07 bits per heavy atom. The molecule has 15 heavy (non-hydrogen) atoms. The van der Waals surface area contributed by atoms with E-state index in [9.17, 15) is 15.0 Å². The van der Waals surface area contributed by atoms with Crippen LogP contribution in [0.5, 0.6) is 23.0 Å². The van der Waals surface area contributed by atoms with Gasteiger partial charge in [-0.15, -0.1) is 0 Å². The van der Waals surface area contributed by atoms with Gasteiger partial charge in [0, 0.05) is 12.1 Å². The summed E-state index contributed by atoms with van der Waals surface area (Å²) in [6, 6.07) is 0.739. The highest BCUT2D eigenvalue weighted by Crippen LogP contribution is 2.42. The Labute approximate surface area is 84.0 Å². The molecule has 0 heterocycles. The van der Waals surface area contributed by atoms with Gasteiger partial charge in [-0.1, -0.05) is 0 Å². The van der Waals surface area contributed by atoms with E-state index in [1.165, 1.54) is 0 Å². The number of carboxylic acids is 1. The molecule has 1 rings (SSSR count). The second kappa shape index (κ2) is 3.79. The first-order chi connectivity index (χ1) is 6.93. The van der Waals surface area contributed by atoms with Gasteiger partial charge < -0.3 is 25.5 Å². The number of phenolic OH excluding ortho intramolecular Hbond substituents is 4. The van der Waals surface area contributed by atoms with Crippen LogP contribution in [0, 0.1) is 0 Å². The summed E-state index contributed by atoms with van der Waals surface area (Å²) in [5.74, 6) is -4.02. The fourth-order valence-corrected chi connectivity index (χ4v) is 0.967. The molecule has 0 saturated heterocycles. The highest BCUT2D eigenvalue weighted by Gasteiger charge is 2.14. The number of aromatic hydroxyl groups is 4. The lowest BCUT2D eigenvalue weighted by Crippen LogP contribution is -1.86. The molecule has 0 spiro atoms. The number of carbonyl (C=O) groups is 1. The van der Waals surface area contributed by atoms with Gasteiger partial charge in [0.2, 0.25) is 0 Å². The van der Waals surface area contributed by atoms with E-state index in [1.54, 1.807) is 0 Å². The lowest BCUT2D eigenvalue weighted by molar-refractivity contribution is -0.131. The van der Waals surface area contributed by atoms with Crippen molar-refractivity contribution in [1.82, 2.24) is 0 Å². The molecule has 0 unspecified atom stereocenters. The van der Waals surface area contributed by atoms with Crippen LogP contribution < -0.4 is 0 Å². The zero-order chi connectivity index (χ0) is 11.6. The molecule has 0 aliphatic heterocycles. The quantitative estimate of drug-likeness (QED) is 0.278. The van der Waals surface area contributed by atoms with Crippen LogP contribution in [0.2, 0.25) is 0 Å². The predicted octanol–water partition coefficient (Wildman–Crippen LogP) is 0.607. The third kappa shape index (κ3) is 2.11. The number of aliphatic carboxylic acids is 1. The Morgan fingerprint density at radius 3 is 1.93 bits per heavy atom. The van der Waals surface area contributed by atoms with Crippen molar-refractivity contribution >= 4 is 12.0 Å². The van der Waals surface area contributed by atoms with Crippen molar-refractivity contribution in [1.29, 1.82) is 0 Å². The number of rotatable bonds is 2. The van der Waals surface area contributed by atoms with Crippen molar-refractivity contribution in [3.05, 3.63) is 17.7 Å². The molecule has 80 valence electrons. The van der Waals surface area contributed by atoms with Crippen LogP contribution in [0.25, 0.3) is 6.08 Å². The molecule has 0 aliphatic carbocycles. The van der Waals surface area contributed by atoms with E-state index in [0.717, 1.165) is 12.1 Å². The molecule has 1 aromatic rings. The van der Waals surface area contributed by atoms with E-state index in [2.05, 4.69) is 0 Å². The molecule has 0 fully saturated rings. The molecule has 0 radical (unpaired) electrons. The summed E-state index contributed by atoms with van der Waals surface area (Å²) in [6.45, 7) is 0. The number of hydrogen-bond acceptors (Lipinski definition) is 5. The van der Waals surface area contributed by atoms with Gasteiger partial charge in [-0.3, -0.25) is 0 Å². The highest BCUT2D eigenvalue weighted by molar-refractivity contribution is 5.87. The first-order valence-corrected chi connectivity index (χ1v) is 3.81. The standard InChI is InChI=1S/C9H8O6/c10-5-3-6(11)9(15)4(8(5)14)1-2-7(12)13/h1-3,10-11,14-15H,(H,12,13). The van der Waals surface area contributed by atoms with Crippen molar-refractivity contribution in [2.45, 2.75) is 0 Å². The molecule has 6 heteroatoms. The molecule has 0 bridgehead atoms. The van der Waals surface area contributed by atoms with Gasteiger partial charge in [0.05, 0.1) is 5.56 Å². The Hall–Kier alpha value is -2.37. The van der Waals surface area contributed by atoms with E-state index in [1.807, 2.05) is 0 Å². The van der Waals surface area contributed by atoms with Gasteiger partial charge in [-0.25, -0.2) is 4.79 Å².